The van der Waals surface area contributed by atoms with Crippen LogP contribution in [0.4, 0.5) is 13.2 Å². The number of rotatable bonds is 7. The Morgan fingerprint density at radius 1 is 1.24 bits per heavy atom. The highest BCUT2D eigenvalue weighted by molar-refractivity contribution is 5.83. The fourth-order valence-corrected chi connectivity index (χ4v) is 2.12. The molecule has 0 aliphatic carbocycles. The van der Waals surface area contributed by atoms with Crippen LogP contribution in [0.2, 0.25) is 0 Å². The van der Waals surface area contributed by atoms with Crippen LogP contribution < -0.4 is 10.1 Å². The third-order valence-electron chi connectivity index (χ3n) is 3.14. The molecule has 0 aliphatic rings. The van der Waals surface area contributed by atoms with E-state index >= 15 is 0 Å². The molecule has 2 aromatic rings. The number of nitrogens with one attached hydrogen (secondary N) is 1. The van der Waals surface area contributed by atoms with Gasteiger partial charge in [0.15, 0.2) is 11.3 Å². The van der Waals surface area contributed by atoms with Crippen LogP contribution in [-0.4, -0.2) is 19.8 Å². The number of hydrogen-bond acceptors (Lipinski definition) is 3. The molecule has 0 saturated carbocycles. The zero-order chi connectivity index (χ0) is 15.3. The topological polar surface area (TPSA) is 34.4 Å². The van der Waals surface area contributed by atoms with Crippen LogP contribution in [0.25, 0.3) is 11.0 Å². The van der Waals surface area contributed by atoms with Crippen LogP contribution in [0, 0.1) is 0 Å². The van der Waals surface area contributed by atoms with Crippen molar-refractivity contribution in [2.45, 2.75) is 32.0 Å². The molecule has 116 valence electrons. The highest BCUT2D eigenvalue weighted by atomic mass is 19.4. The molecule has 0 saturated heterocycles. The predicted molar refractivity (Wildman–Crippen MR) is 74.4 cm³/mol. The van der Waals surface area contributed by atoms with Gasteiger partial charge in [-0.25, -0.2) is 0 Å². The number of unbranched alkanes of at least 4 members (excludes halogenated alkanes) is 1. The van der Waals surface area contributed by atoms with Crippen LogP contribution >= 0.6 is 0 Å². The molecular formula is C15H18F3NO2. The predicted octanol–water partition coefficient (Wildman–Crippen LogP) is 4.26. The Kier molecular flexibility index (Phi) is 5.12. The van der Waals surface area contributed by atoms with Crippen LogP contribution in [0.1, 0.15) is 25.0 Å². The molecule has 1 aromatic heterocycles. The van der Waals surface area contributed by atoms with Gasteiger partial charge in [-0.15, -0.1) is 0 Å². The third-order valence-corrected chi connectivity index (χ3v) is 3.14. The van der Waals surface area contributed by atoms with Crippen molar-refractivity contribution in [2.24, 2.45) is 0 Å². The number of fused-ring (bicyclic) bond motifs is 1. The van der Waals surface area contributed by atoms with Gasteiger partial charge in [0.2, 0.25) is 0 Å². The summed E-state index contributed by atoms with van der Waals surface area (Å²) >= 11 is 0. The van der Waals surface area contributed by atoms with Gasteiger partial charge < -0.3 is 14.5 Å². The summed E-state index contributed by atoms with van der Waals surface area (Å²) in [6, 6.07) is 7.53. The minimum absolute atomic E-state index is 0.143. The molecule has 3 nitrogen and oxygen atoms in total. The second-order valence-corrected chi connectivity index (χ2v) is 4.84. The number of benzene rings is 1. The summed E-state index contributed by atoms with van der Waals surface area (Å²) in [5.74, 6) is 1.41. The van der Waals surface area contributed by atoms with Gasteiger partial charge in [-0.3, -0.25) is 0 Å². The summed E-state index contributed by atoms with van der Waals surface area (Å²) in [4.78, 5) is 0. The quantitative estimate of drug-likeness (QED) is 0.776. The van der Waals surface area contributed by atoms with E-state index in [0.717, 1.165) is 11.1 Å². The van der Waals surface area contributed by atoms with Crippen molar-refractivity contribution in [3.05, 3.63) is 30.0 Å². The lowest BCUT2D eigenvalue weighted by Crippen LogP contribution is -2.15. The number of furan rings is 1. The Bertz CT molecular complexity index is 578. The first-order valence-electron chi connectivity index (χ1n) is 6.82. The summed E-state index contributed by atoms with van der Waals surface area (Å²) in [5, 5.41) is 4.03. The number of ether oxygens (including phenoxy) is 1. The highest BCUT2D eigenvalue weighted by Crippen LogP contribution is 2.28. The van der Waals surface area contributed by atoms with E-state index in [-0.39, 0.29) is 6.42 Å². The van der Waals surface area contributed by atoms with Crippen molar-refractivity contribution in [3.8, 4) is 5.75 Å². The van der Waals surface area contributed by atoms with Crippen LogP contribution in [0.3, 0.4) is 0 Å². The molecule has 1 heterocycles. The van der Waals surface area contributed by atoms with E-state index in [0.29, 0.717) is 30.8 Å². The van der Waals surface area contributed by atoms with E-state index in [1.165, 1.54) is 0 Å². The van der Waals surface area contributed by atoms with Gasteiger partial charge >= 0.3 is 6.18 Å². The normalized spacial score (nSPS) is 12.0. The molecule has 0 amide bonds. The molecule has 0 radical (unpaired) electrons. The highest BCUT2D eigenvalue weighted by Gasteiger charge is 2.25. The molecule has 1 aromatic carbocycles. The van der Waals surface area contributed by atoms with E-state index in [1.54, 1.807) is 7.11 Å². The number of halogens is 3. The molecule has 2 rings (SSSR count). The van der Waals surface area contributed by atoms with Crippen molar-refractivity contribution in [1.82, 2.24) is 5.32 Å². The standard InChI is InChI=1S/C15H18F3NO2/c1-20-13-6-4-5-11-9-12(21-14(11)13)10-19-8-3-2-7-15(16,17)18/h4-6,9,19H,2-3,7-8,10H2,1H3. The van der Waals surface area contributed by atoms with Crippen molar-refractivity contribution in [2.75, 3.05) is 13.7 Å². The van der Waals surface area contributed by atoms with E-state index in [2.05, 4.69) is 5.32 Å². The zero-order valence-electron chi connectivity index (χ0n) is 11.8. The molecule has 1 N–H and O–H groups in total. The van der Waals surface area contributed by atoms with E-state index in [4.69, 9.17) is 9.15 Å². The molecule has 0 spiro atoms. The van der Waals surface area contributed by atoms with Crippen molar-refractivity contribution >= 4 is 11.0 Å². The molecule has 0 atom stereocenters. The summed E-state index contributed by atoms with van der Waals surface area (Å²) in [6.45, 7) is 1.02. The largest absolute Gasteiger partial charge is 0.493 e. The Hall–Kier alpha value is -1.69. The van der Waals surface area contributed by atoms with Gasteiger partial charge in [-0.05, 0) is 31.5 Å². The van der Waals surface area contributed by atoms with Gasteiger partial charge in [0.05, 0.1) is 13.7 Å². The Balaban J connectivity index is 1.79. The zero-order valence-corrected chi connectivity index (χ0v) is 11.8. The monoisotopic (exact) mass is 301 g/mol. The van der Waals surface area contributed by atoms with Crippen molar-refractivity contribution in [1.29, 1.82) is 0 Å². The van der Waals surface area contributed by atoms with Gasteiger partial charge in [-0.1, -0.05) is 12.1 Å². The summed E-state index contributed by atoms with van der Waals surface area (Å²) in [6.07, 6.45) is -4.15. The van der Waals surface area contributed by atoms with E-state index in [1.807, 2.05) is 24.3 Å². The van der Waals surface area contributed by atoms with E-state index in [9.17, 15) is 13.2 Å². The first-order valence-corrected chi connectivity index (χ1v) is 6.82. The molecule has 0 unspecified atom stereocenters. The molecule has 21 heavy (non-hydrogen) atoms. The second-order valence-electron chi connectivity index (χ2n) is 4.84. The maximum atomic E-state index is 12.0. The SMILES string of the molecule is COc1cccc2cc(CNCCCCC(F)(F)F)oc12. The lowest BCUT2D eigenvalue weighted by Gasteiger charge is -2.06. The first kappa shape index (κ1) is 15.7. The fourth-order valence-electron chi connectivity index (χ4n) is 2.12. The van der Waals surface area contributed by atoms with Crippen LogP contribution in [0.5, 0.6) is 5.75 Å². The fraction of sp³-hybridized carbons (Fsp3) is 0.467. The van der Waals surface area contributed by atoms with Crippen LogP contribution in [0.15, 0.2) is 28.7 Å². The summed E-state index contributed by atoms with van der Waals surface area (Å²) in [7, 11) is 1.58. The average molecular weight is 301 g/mol. The Morgan fingerprint density at radius 3 is 2.76 bits per heavy atom. The smallest absolute Gasteiger partial charge is 0.389 e. The molecular weight excluding hydrogens is 283 g/mol. The third kappa shape index (κ3) is 4.67. The summed E-state index contributed by atoms with van der Waals surface area (Å²) in [5.41, 5.74) is 0.689. The van der Waals surface area contributed by atoms with Gasteiger partial charge in [0.25, 0.3) is 0 Å². The number of alkyl halides is 3. The average Bonchev–Trinajstić information content (AvgIpc) is 2.84. The van der Waals surface area contributed by atoms with Crippen LogP contribution in [-0.2, 0) is 6.54 Å². The molecule has 6 heteroatoms. The number of para-hydroxylation sites is 1. The number of methoxy groups -OCH3 is 1. The lowest BCUT2D eigenvalue weighted by atomic mass is 10.2. The molecule has 0 aliphatic heterocycles. The number of hydrogen-bond donors (Lipinski definition) is 1. The maximum Gasteiger partial charge on any atom is 0.389 e. The van der Waals surface area contributed by atoms with E-state index < -0.39 is 12.6 Å². The van der Waals surface area contributed by atoms with Crippen molar-refractivity contribution < 1.29 is 22.3 Å². The molecule has 0 fully saturated rings. The Labute approximate surface area is 121 Å². The van der Waals surface area contributed by atoms with Gasteiger partial charge in [-0.2, -0.15) is 13.2 Å². The lowest BCUT2D eigenvalue weighted by molar-refractivity contribution is -0.135. The summed E-state index contributed by atoms with van der Waals surface area (Å²) < 4.78 is 46.8. The molecule has 0 bridgehead atoms. The second kappa shape index (κ2) is 6.85. The minimum Gasteiger partial charge on any atom is -0.493 e. The van der Waals surface area contributed by atoms with Gasteiger partial charge in [0.1, 0.15) is 5.76 Å². The van der Waals surface area contributed by atoms with Crippen molar-refractivity contribution in [3.63, 3.8) is 0 Å². The maximum absolute atomic E-state index is 12.0. The Morgan fingerprint density at radius 2 is 2.05 bits per heavy atom. The first-order chi connectivity index (χ1) is 9.99. The minimum atomic E-state index is -4.06. The van der Waals surface area contributed by atoms with Gasteiger partial charge in [0, 0.05) is 11.8 Å².